The van der Waals surface area contributed by atoms with Crippen molar-refractivity contribution in [3.8, 4) is 0 Å². The maximum Gasteiger partial charge on any atom is 0.227 e. The van der Waals surface area contributed by atoms with Gasteiger partial charge < -0.3 is 10.2 Å². The van der Waals surface area contributed by atoms with Crippen LogP contribution in [0.15, 0.2) is 0 Å². The van der Waals surface area contributed by atoms with Gasteiger partial charge in [0, 0.05) is 25.6 Å². The van der Waals surface area contributed by atoms with Crippen LogP contribution in [0.25, 0.3) is 0 Å². The van der Waals surface area contributed by atoms with E-state index in [0.717, 1.165) is 37.1 Å². The van der Waals surface area contributed by atoms with Gasteiger partial charge in [0.2, 0.25) is 11.8 Å². The highest BCUT2D eigenvalue weighted by Gasteiger charge is 2.42. The molecule has 0 unspecified atom stereocenters. The Morgan fingerprint density at radius 1 is 1.18 bits per heavy atom. The van der Waals surface area contributed by atoms with Gasteiger partial charge in [-0.3, -0.25) is 9.59 Å². The smallest absolute Gasteiger partial charge is 0.227 e. The SMILES string of the molecule is O=C1CC[C@H](C(=O)N2CCC[C@@H]2C[C@H]2C[C@H]3CC[C@H]2C3)CN1. The number of carbonyl (C=O) groups excluding carboxylic acids is 2. The summed E-state index contributed by atoms with van der Waals surface area (Å²) in [6, 6.07) is 0.481. The molecule has 2 bridgehead atoms. The standard InChI is InChI=1S/C18H28N2O2/c21-17-6-5-14(11-19-17)18(22)20-7-1-2-16(20)10-15-9-12-3-4-13(15)8-12/h12-16H,1-11H2,(H,19,21)/t12-,13-,14-,15+,16+/m0/s1. The van der Waals surface area contributed by atoms with Crippen molar-refractivity contribution < 1.29 is 9.59 Å². The summed E-state index contributed by atoms with van der Waals surface area (Å²) in [5.74, 6) is 3.27. The van der Waals surface area contributed by atoms with Crippen LogP contribution >= 0.6 is 0 Å². The molecular formula is C18H28N2O2. The maximum atomic E-state index is 12.8. The van der Waals surface area contributed by atoms with Gasteiger partial charge in [0.15, 0.2) is 0 Å². The van der Waals surface area contributed by atoms with E-state index < -0.39 is 0 Å². The van der Waals surface area contributed by atoms with Crippen molar-refractivity contribution in [2.24, 2.45) is 23.7 Å². The Bertz CT molecular complexity index is 454. The van der Waals surface area contributed by atoms with Crippen LogP contribution in [0.4, 0.5) is 0 Å². The minimum atomic E-state index is 0.0262. The molecule has 4 fully saturated rings. The second kappa shape index (κ2) is 5.86. The molecule has 0 aromatic heterocycles. The third-order valence-electron chi connectivity index (χ3n) is 6.73. The molecule has 4 nitrogen and oxygen atoms in total. The molecule has 0 aromatic carbocycles. The average Bonchev–Trinajstić information content (AvgIpc) is 3.24. The first kappa shape index (κ1) is 14.5. The lowest BCUT2D eigenvalue weighted by atomic mass is 9.83. The van der Waals surface area contributed by atoms with Crippen molar-refractivity contribution in [3.05, 3.63) is 0 Å². The van der Waals surface area contributed by atoms with E-state index in [1.54, 1.807) is 0 Å². The first-order valence-electron chi connectivity index (χ1n) is 9.28. The van der Waals surface area contributed by atoms with Gasteiger partial charge in [-0.1, -0.05) is 6.42 Å². The van der Waals surface area contributed by atoms with Gasteiger partial charge >= 0.3 is 0 Å². The number of carbonyl (C=O) groups is 2. The average molecular weight is 304 g/mol. The van der Waals surface area contributed by atoms with Crippen LogP contribution in [0.1, 0.15) is 57.8 Å². The lowest BCUT2D eigenvalue weighted by molar-refractivity contribution is -0.138. The molecule has 0 radical (unpaired) electrons. The molecule has 22 heavy (non-hydrogen) atoms. The molecule has 2 saturated heterocycles. The summed E-state index contributed by atoms with van der Waals surface area (Å²) in [5.41, 5.74) is 0. The zero-order valence-corrected chi connectivity index (χ0v) is 13.4. The second-order valence-electron chi connectivity index (χ2n) is 8.04. The fourth-order valence-electron chi connectivity index (χ4n) is 5.56. The summed E-state index contributed by atoms with van der Waals surface area (Å²) >= 11 is 0. The molecule has 2 aliphatic carbocycles. The summed E-state index contributed by atoms with van der Waals surface area (Å²) in [4.78, 5) is 26.3. The maximum absolute atomic E-state index is 12.8. The minimum Gasteiger partial charge on any atom is -0.355 e. The van der Waals surface area contributed by atoms with Crippen molar-refractivity contribution in [3.63, 3.8) is 0 Å². The molecule has 2 saturated carbocycles. The van der Waals surface area contributed by atoms with Crippen molar-refractivity contribution >= 4 is 11.8 Å². The monoisotopic (exact) mass is 304 g/mol. The van der Waals surface area contributed by atoms with Crippen LogP contribution in [0, 0.1) is 23.7 Å². The normalized spacial score (nSPS) is 41.0. The number of hydrogen-bond acceptors (Lipinski definition) is 2. The predicted octanol–water partition coefficient (Wildman–Crippen LogP) is 2.33. The van der Waals surface area contributed by atoms with Gasteiger partial charge in [-0.2, -0.15) is 0 Å². The molecule has 4 rings (SSSR count). The summed E-state index contributed by atoms with van der Waals surface area (Å²) in [7, 11) is 0. The Morgan fingerprint density at radius 3 is 2.77 bits per heavy atom. The van der Waals surface area contributed by atoms with E-state index in [1.165, 1.54) is 38.5 Å². The minimum absolute atomic E-state index is 0.0262. The molecule has 4 aliphatic rings. The van der Waals surface area contributed by atoms with E-state index in [2.05, 4.69) is 10.2 Å². The number of nitrogens with one attached hydrogen (secondary N) is 1. The highest BCUT2D eigenvalue weighted by molar-refractivity contribution is 5.84. The predicted molar refractivity (Wildman–Crippen MR) is 84.0 cm³/mol. The fraction of sp³-hybridized carbons (Fsp3) is 0.889. The highest BCUT2D eigenvalue weighted by atomic mass is 16.2. The van der Waals surface area contributed by atoms with E-state index in [0.29, 0.717) is 24.9 Å². The molecule has 0 spiro atoms. The van der Waals surface area contributed by atoms with Crippen LogP contribution in [-0.4, -0.2) is 35.8 Å². The summed E-state index contributed by atoms with van der Waals surface area (Å²) < 4.78 is 0. The number of piperidine rings is 1. The molecule has 2 heterocycles. The van der Waals surface area contributed by atoms with E-state index in [-0.39, 0.29) is 11.8 Å². The van der Waals surface area contributed by atoms with Crippen molar-refractivity contribution in [2.45, 2.75) is 63.8 Å². The fourth-order valence-corrected chi connectivity index (χ4v) is 5.56. The van der Waals surface area contributed by atoms with Gasteiger partial charge in [0.1, 0.15) is 0 Å². The van der Waals surface area contributed by atoms with E-state index in [4.69, 9.17) is 0 Å². The Kier molecular flexibility index (Phi) is 3.87. The van der Waals surface area contributed by atoms with Crippen molar-refractivity contribution in [1.29, 1.82) is 0 Å². The Balaban J connectivity index is 1.36. The molecule has 4 heteroatoms. The summed E-state index contributed by atoms with van der Waals surface area (Å²) in [5, 5.41) is 2.86. The van der Waals surface area contributed by atoms with Gasteiger partial charge in [0.05, 0.1) is 5.92 Å². The molecule has 1 N–H and O–H groups in total. The number of fused-ring (bicyclic) bond motifs is 2. The van der Waals surface area contributed by atoms with E-state index >= 15 is 0 Å². The van der Waals surface area contributed by atoms with Crippen LogP contribution in [-0.2, 0) is 9.59 Å². The molecular weight excluding hydrogens is 276 g/mol. The number of likely N-dealkylation sites (tertiary alicyclic amines) is 1. The van der Waals surface area contributed by atoms with E-state index in [9.17, 15) is 9.59 Å². The van der Waals surface area contributed by atoms with Crippen molar-refractivity contribution in [2.75, 3.05) is 13.1 Å². The summed E-state index contributed by atoms with van der Waals surface area (Å²) in [6.07, 6.45) is 10.6. The van der Waals surface area contributed by atoms with Gasteiger partial charge in [-0.15, -0.1) is 0 Å². The number of rotatable bonds is 3. The lowest BCUT2D eigenvalue weighted by Crippen LogP contribution is -2.46. The highest BCUT2D eigenvalue weighted by Crippen LogP contribution is 2.50. The molecule has 5 atom stereocenters. The number of hydrogen-bond donors (Lipinski definition) is 1. The Labute approximate surface area is 133 Å². The third kappa shape index (κ3) is 2.65. The second-order valence-corrected chi connectivity index (χ2v) is 8.04. The van der Waals surface area contributed by atoms with Gasteiger partial charge in [-0.05, 0) is 62.7 Å². The van der Waals surface area contributed by atoms with E-state index in [1.807, 2.05) is 0 Å². The molecule has 0 aromatic rings. The summed E-state index contributed by atoms with van der Waals surface area (Å²) in [6.45, 7) is 1.49. The zero-order valence-electron chi connectivity index (χ0n) is 13.4. The number of amides is 2. The van der Waals surface area contributed by atoms with Crippen LogP contribution in [0.2, 0.25) is 0 Å². The largest absolute Gasteiger partial charge is 0.355 e. The quantitative estimate of drug-likeness (QED) is 0.870. The first-order chi connectivity index (χ1) is 10.7. The zero-order chi connectivity index (χ0) is 15.1. The van der Waals surface area contributed by atoms with Crippen LogP contribution < -0.4 is 5.32 Å². The van der Waals surface area contributed by atoms with Gasteiger partial charge in [0.25, 0.3) is 0 Å². The van der Waals surface area contributed by atoms with Crippen molar-refractivity contribution in [1.82, 2.24) is 10.2 Å². The first-order valence-corrected chi connectivity index (χ1v) is 9.28. The molecule has 2 amide bonds. The lowest BCUT2D eigenvalue weighted by Gasteiger charge is -2.33. The number of nitrogens with zero attached hydrogens (tertiary/aromatic N) is 1. The topological polar surface area (TPSA) is 49.4 Å². The van der Waals surface area contributed by atoms with Crippen LogP contribution in [0.3, 0.4) is 0 Å². The van der Waals surface area contributed by atoms with Gasteiger partial charge in [-0.25, -0.2) is 0 Å². The molecule has 122 valence electrons. The Morgan fingerprint density at radius 2 is 2.09 bits per heavy atom. The Hall–Kier alpha value is -1.06. The molecule has 2 aliphatic heterocycles. The van der Waals surface area contributed by atoms with Crippen LogP contribution in [0.5, 0.6) is 0 Å². The third-order valence-corrected chi connectivity index (χ3v) is 6.73.